The smallest absolute Gasteiger partial charge is 0.306 e. The van der Waals surface area contributed by atoms with E-state index in [4.69, 9.17) is 18.9 Å². The van der Waals surface area contributed by atoms with Crippen LogP contribution in [0, 0.1) is 0 Å². The van der Waals surface area contributed by atoms with Crippen molar-refractivity contribution in [1.29, 1.82) is 0 Å². The molecule has 0 aromatic carbocycles. The topological polar surface area (TPSA) is 152 Å². The first-order valence-corrected chi connectivity index (χ1v) is 19.7. The van der Waals surface area contributed by atoms with Crippen LogP contribution >= 0.6 is 0 Å². The van der Waals surface area contributed by atoms with Crippen LogP contribution in [0.3, 0.4) is 0 Å². The Morgan fingerprint density at radius 1 is 0.653 bits per heavy atom. The van der Waals surface area contributed by atoms with Crippen LogP contribution in [0.25, 0.3) is 0 Å². The van der Waals surface area contributed by atoms with E-state index >= 15 is 0 Å². The molecular formula is C39H72O10. The Bertz CT molecular complexity index is 807. The Hall–Kier alpha value is -1.56. The van der Waals surface area contributed by atoms with E-state index in [-0.39, 0.29) is 32.0 Å². The van der Waals surface area contributed by atoms with Gasteiger partial charge in [-0.05, 0) is 25.7 Å². The van der Waals surface area contributed by atoms with Gasteiger partial charge in [-0.2, -0.15) is 0 Å². The second-order valence-corrected chi connectivity index (χ2v) is 13.8. The summed E-state index contributed by atoms with van der Waals surface area (Å²) in [5.41, 5.74) is 0. The second kappa shape index (κ2) is 31.2. The lowest BCUT2D eigenvalue weighted by atomic mass is 9.99. The molecule has 1 heterocycles. The molecule has 1 saturated heterocycles. The zero-order valence-electron chi connectivity index (χ0n) is 30.8. The molecule has 2 unspecified atom stereocenters. The summed E-state index contributed by atoms with van der Waals surface area (Å²) in [6.45, 7) is 4.91. The molecule has 1 aliphatic heterocycles. The van der Waals surface area contributed by atoms with Gasteiger partial charge in [0.15, 0.2) is 12.4 Å². The summed E-state index contributed by atoms with van der Waals surface area (Å²) in [4.78, 5) is 25.1. The number of hydrogen-bond donors (Lipinski definition) is 4. The zero-order chi connectivity index (χ0) is 36.0. The van der Waals surface area contributed by atoms with Gasteiger partial charge in [0.1, 0.15) is 31.0 Å². The van der Waals surface area contributed by atoms with Crippen LogP contribution in [-0.2, 0) is 28.5 Å². The highest BCUT2D eigenvalue weighted by molar-refractivity contribution is 5.70. The van der Waals surface area contributed by atoms with Crippen LogP contribution in [0.4, 0.5) is 0 Å². The van der Waals surface area contributed by atoms with Gasteiger partial charge >= 0.3 is 11.9 Å². The average Bonchev–Trinajstić information content (AvgIpc) is 3.10. The molecule has 49 heavy (non-hydrogen) atoms. The monoisotopic (exact) mass is 701 g/mol. The molecule has 6 atom stereocenters. The van der Waals surface area contributed by atoms with Crippen LogP contribution < -0.4 is 0 Å². The third-order valence-electron chi connectivity index (χ3n) is 9.30. The van der Waals surface area contributed by atoms with Crippen molar-refractivity contribution in [3.63, 3.8) is 0 Å². The molecule has 1 fully saturated rings. The maximum Gasteiger partial charge on any atom is 0.306 e. The maximum atomic E-state index is 12.6. The van der Waals surface area contributed by atoms with E-state index < -0.39 is 49.4 Å². The van der Waals surface area contributed by atoms with Gasteiger partial charge in [0.25, 0.3) is 0 Å². The molecule has 0 aromatic heterocycles. The van der Waals surface area contributed by atoms with Crippen LogP contribution in [0.15, 0.2) is 12.7 Å². The number of unbranched alkanes of at least 4 members (excludes halogenated alkanes) is 21. The number of allylic oxidation sites excluding steroid dienone is 1. The third-order valence-corrected chi connectivity index (χ3v) is 9.30. The van der Waals surface area contributed by atoms with Crippen LogP contribution in [0.2, 0.25) is 0 Å². The summed E-state index contributed by atoms with van der Waals surface area (Å²) < 4.78 is 22.0. The quantitative estimate of drug-likeness (QED) is 0.0314. The first-order chi connectivity index (χ1) is 23.8. The third kappa shape index (κ3) is 23.5. The average molecular weight is 701 g/mol. The van der Waals surface area contributed by atoms with Crippen molar-refractivity contribution in [1.82, 2.24) is 0 Å². The minimum atomic E-state index is -1.59. The molecule has 0 bridgehead atoms. The van der Waals surface area contributed by atoms with E-state index in [0.717, 1.165) is 44.9 Å². The molecule has 0 spiro atoms. The van der Waals surface area contributed by atoms with Gasteiger partial charge in [-0.1, -0.05) is 135 Å². The SMILES string of the molecule is C=CCCCCCCCCCCCCCCCC(=O)OC[C@@H](CO[C@H]1O[C@@H](CO)[C@@H](O)C(O)C1O)OC(=O)CCCCCCCCCCC. The fraction of sp³-hybridized carbons (Fsp3) is 0.897. The number of carbonyl (C=O) groups excluding carboxylic acids is 2. The number of rotatable bonds is 33. The zero-order valence-corrected chi connectivity index (χ0v) is 30.8. The predicted octanol–water partition coefficient (Wildman–Crippen LogP) is 7.22. The van der Waals surface area contributed by atoms with E-state index in [1.807, 2.05) is 6.08 Å². The minimum Gasteiger partial charge on any atom is -0.462 e. The van der Waals surface area contributed by atoms with Crippen molar-refractivity contribution in [2.45, 2.75) is 204 Å². The molecule has 0 radical (unpaired) electrons. The van der Waals surface area contributed by atoms with Gasteiger partial charge in [0, 0.05) is 12.8 Å². The van der Waals surface area contributed by atoms with Crippen LogP contribution in [0.1, 0.15) is 167 Å². The molecule has 1 rings (SSSR count). The highest BCUT2D eigenvalue weighted by Crippen LogP contribution is 2.22. The molecule has 10 nitrogen and oxygen atoms in total. The number of esters is 2. The van der Waals surface area contributed by atoms with E-state index in [1.165, 1.54) is 96.3 Å². The Kier molecular flexibility index (Phi) is 28.9. The van der Waals surface area contributed by atoms with Gasteiger partial charge < -0.3 is 39.4 Å². The number of carbonyl (C=O) groups is 2. The normalized spacial score (nSPS) is 21.4. The van der Waals surface area contributed by atoms with Crippen molar-refractivity contribution < 1.29 is 49.0 Å². The van der Waals surface area contributed by atoms with E-state index in [0.29, 0.717) is 6.42 Å². The molecule has 0 saturated carbocycles. The van der Waals surface area contributed by atoms with Crippen molar-refractivity contribution in [2.24, 2.45) is 0 Å². The summed E-state index contributed by atoms with van der Waals surface area (Å²) in [6.07, 6.45) is 21.2. The maximum absolute atomic E-state index is 12.6. The summed E-state index contributed by atoms with van der Waals surface area (Å²) in [5, 5.41) is 39.9. The molecule has 0 amide bonds. The van der Waals surface area contributed by atoms with Gasteiger partial charge in [-0.3, -0.25) is 9.59 Å². The van der Waals surface area contributed by atoms with Crippen molar-refractivity contribution >= 4 is 11.9 Å². The minimum absolute atomic E-state index is 0.214. The molecule has 0 aromatic rings. The standard InChI is InChI=1S/C39H72O10/c1-3-5-7-9-11-13-14-15-16-17-18-20-21-23-25-27-34(41)46-30-32(31-47-39-38(45)37(44)36(43)33(29-40)49-39)48-35(42)28-26-24-22-19-12-10-8-6-4-2/h3,32-33,36-40,43-45H,1,4-31H2,2H3/t32-,33-,36+,37?,38?,39-/m0/s1. The van der Waals surface area contributed by atoms with E-state index in [1.54, 1.807) is 0 Å². The van der Waals surface area contributed by atoms with Gasteiger partial charge in [0.05, 0.1) is 13.2 Å². The highest BCUT2D eigenvalue weighted by atomic mass is 16.7. The lowest BCUT2D eigenvalue weighted by Crippen LogP contribution is -2.59. The van der Waals surface area contributed by atoms with Crippen LogP contribution in [-0.4, -0.2) is 89.0 Å². The molecule has 0 aliphatic carbocycles. The fourth-order valence-corrected chi connectivity index (χ4v) is 6.11. The first-order valence-electron chi connectivity index (χ1n) is 19.7. The lowest BCUT2D eigenvalue weighted by molar-refractivity contribution is -0.305. The molecule has 4 N–H and O–H groups in total. The number of aliphatic hydroxyl groups is 4. The summed E-state index contributed by atoms with van der Waals surface area (Å²) in [6, 6.07) is 0. The van der Waals surface area contributed by atoms with Crippen molar-refractivity contribution in [3.8, 4) is 0 Å². The van der Waals surface area contributed by atoms with E-state index in [2.05, 4.69) is 13.5 Å². The summed E-state index contributed by atoms with van der Waals surface area (Å²) in [5.74, 6) is -0.807. The van der Waals surface area contributed by atoms with Gasteiger partial charge in [0.2, 0.25) is 0 Å². The predicted molar refractivity (Wildman–Crippen MR) is 192 cm³/mol. The second-order valence-electron chi connectivity index (χ2n) is 13.8. The van der Waals surface area contributed by atoms with E-state index in [9.17, 15) is 30.0 Å². The highest BCUT2D eigenvalue weighted by Gasteiger charge is 2.44. The molecule has 1 aliphatic rings. The Balaban J connectivity index is 2.34. The van der Waals surface area contributed by atoms with Crippen molar-refractivity contribution in [2.75, 3.05) is 19.8 Å². The molecular weight excluding hydrogens is 628 g/mol. The summed E-state index contributed by atoms with van der Waals surface area (Å²) >= 11 is 0. The Labute approximate surface area is 297 Å². The molecule has 288 valence electrons. The first kappa shape index (κ1) is 45.5. The lowest BCUT2D eigenvalue weighted by Gasteiger charge is -2.39. The van der Waals surface area contributed by atoms with Gasteiger partial charge in [-0.25, -0.2) is 0 Å². The Morgan fingerprint density at radius 3 is 1.61 bits per heavy atom. The molecule has 10 heteroatoms. The number of ether oxygens (including phenoxy) is 4. The van der Waals surface area contributed by atoms with Crippen molar-refractivity contribution in [3.05, 3.63) is 12.7 Å². The number of aliphatic hydroxyl groups excluding tert-OH is 4. The Morgan fingerprint density at radius 2 is 1.12 bits per heavy atom. The number of hydrogen-bond acceptors (Lipinski definition) is 10. The largest absolute Gasteiger partial charge is 0.462 e. The summed E-state index contributed by atoms with van der Waals surface area (Å²) in [7, 11) is 0. The van der Waals surface area contributed by atoms with Gasteiger partial charge in [-0.15, -0.1) is 6.58 Å². The fourth-order valence-electron chi connectivity index (χ4n) is 6.11. The van der Waals surface area contributed by atoms with Crippen LogP contribution in [0.5, 0.6) is 0 Å².